The first-order valence-electron chi connectivity index (χ1n) is 6.80. The number of rotatable bonds is 3. The zero-order chi connectivity index (χ0) is 13.1. The SMILES string of the molecule is CCN1CCN(Cc2cc(C)c(Br)c(C)c2)CC1. The molecule has 100 valence electrons. The van der Waals surface area contributed by atoms with Gasteiger partial charge in [-0.05, 0) is 37.1 Å². The zero-order valence-electron chi connectivity index (χ0n) is 11.7. The molecule has 0 amide bonds. The molecule has 0 spiro atoms. The average molecular weight is 311 g/mol. The van der Waals surface area contributed by atoms with E-state index in [-0.39, 0.29) is 0 Å². The molecule has 0 atom stereocenters. The Hall–Kier alpha value is -0.380. The Balaban J connectivity index is 1.98. The minimum absolute atomic E-state index is 1.09. The van der Waals surface area contributed by atoms with Crippen LogP contribution in [0, 0.1) is 13.8 Å². The van der Waals surface area contributed by atoms with Gasteiger partial charge in [-0.2, -0.15) is 0 Å². The lowest BCUT2D eigenvalue weighted by atomic mass is 10.1. The van der Waals surface area contributed by atoms with Crippen LogP contribution in [0.25, 0.3) is 0 Å². The molecule has 1 aromatic rings. The number of likely N-dealkylation sites (N-methyl/N-ethyl adjacent to an activating group) is 1. The number of nitrogens with zero attached hydrogens (tertiary/aromatic N) is 2. The molecule has 2 rings (SSSR count). The van der Waals surface area contributed by atoms with Gasteiger partial charge in [-0.25, -0.2) is 0 Å². The van der Waals surface area contributed by atoms with Gasteiger partial charge in [0.25, 0.3) is 0 Å². The summed E-state index contributed by atoms with van der Waals surface area (Å²) >= 11 is 3.64. The molecule has 1 aliphatic rings. The summed E-state index contributed by atoms with van der Waals surface area (Å²) < 4.78 is 1.25. The fourth-order valence-corrected chi connectivity index (χ4v) is 2.88. The summed E-state index contributed by atoms with van der Waals surface area (Å²) in [6.07, 6.45) is 0. The van der Waals surface area contributed by atoms with E-state index in [1.165, 1.54) is 53.9 Å². The summed E-state index contributed by atoms with van der Waals surface area (Å²) in [6.45, 7) is 13.7. The zero-order valence-corrected chi connectivity index (χ0v) is 13.3. The van der Waals surface area contributed by atoms with Crippen LogP contribution in [0.15, 0.2) is 16.6 Å². The van der Waals surface area contributed by atoms with Crippen molar-refractivity contribution in [3.8, 4) is 0 Å². The highest BCUT2D eigenvalue weighted by Crippen LogP contribution is 2.23. The van der Waals surface area contributed by atoms with Crippen molar-refractivity contribution < 1.29 is 0 Å². The van der Waals surface area contributed by atoms with Gasteiger partial charge in [0.2, 0.25) is 0 Å². The van der Waals surface area contributed by atoms with Crippen molar-refractivity contribution in [2.45, 2.75) is 27.3 Å². The van der Waals surface area contributed by atoms with Crippen molar-refractivity contribution in [3.63, 3.8) is 0 Å². The Morgan fingerprint density at radius 3 is 2.00 bits per heavy atom. The molecule has 1 fully saturated rings. The molecule has 1 aromatic carbocycles. The number of piperazine rings is 1. The van der Waals surface area contributed by atoms with E-state index in [1.54, 1.807) is 0 Å². The fourth-order valence-electron chi connectivity index (χ4n) is 2.65. The summed E-state index contributed by atoms with van der Waals surface area (Å²) in [4.78, 5) is 5.09. The largest absolute Gasteiger partial charge is 0.301 e. The molecular weight excluding hydrogens is 288 g/mol. The predicted octanol–water partition coefficient (Wildman–Crippen LogP) is 3.20. The van der Waals surface area contributed by atoms with Crippen molar-refractivity contribution in [1.29, 1.82) is 0 Å². The van der Waals surface area contributed by atoms with Crippen LogP contribution in [0.4, 0.5) is 0 Å². The maximum absolute atomic E-state index is 3.64. The Kier molecular flexibility index (Phi) is 4.82. The molecule has 2 nitrogen and oxygen atoms in total. The van der Waals surface area contributed by atoms with Crippen molar-refractivity contribution in [2.75, 3.05) is 32.7 Å². The second kappa shape index (κ2) is 6.18. The molecule has 1 aliphatic heterocycles. The van der Waals surface area contributed by atoms with Crippen molar-refractivity contribution in [2.24, 2.45) is 0 Å². The molecule has 0 saturated carbocycles. The van der Waals surface area contributed by atoms with E-state index < -0.39 is 0 Å². The average Bonchev–Trinajstić information content (AvgIpc) is 2.37. The van der Waals surface area contributed by atoms with Gasteiger partial charge in [-0.15, -0.1) is 0 Å². The molecule has 3 heteroatoms. The third-order valence-corrected chi connectivity index (χ3v) is 5.07. The highest BCUT2D eigenvalue weighted by Gasteiger charge is 2.15. The Bertz CT molecular complexity index is 386. The van der Waals surface area contributed by atoms with E-state index in [4.69, 9.17) is 0 Å². The molecule has 0 N–H and O–H groups in total. The minimum atomic E-state index is 1.09. The van der Waals surface area contributed by atoms with E-state index in [1.807, 2.05) is 0 Å². The van der Waals surface area contributed by atoms with Gasteiger partial charge in [-0.1, -0.05) is 35.0 Å². The lowest BCUT2D eigenvalue weighted by Gasteiger charge is -2.34. The smallest absolute Gasteiger partial charge is 0.0235 e. The molecule has 0 radical (unpaired) electrons. The highest BCUT2D eigenvalue weighted by atomic mass is 79.9. The van der Waals surface area contributed by atoms with Gasteiger partial charge in [0, 0.05) is 37.2 Å². The van der Waals surface area contributed by atoms with Gasteiger partial charge in [0.05, 0.1) is 0 Å². The molecule has 18 heavy (non-hydrogen) atoms. The van der Waals surface area contributed by atoms with Gasteiger partial charge in [0.1, 0.15) is 0 Å². The van der Waals surface area contributed by atoms with Crippen LogP contribution in [0.1, 0.15) is 23.6 Å². The molecule has 1 saturated heterocycles. The van der Waals surface area contributed by atoms with E-state index in [0.717, 1.165) is 6.54 Å². The summed E-state index contributed by atoms with van der Waals surface area (Å²) in [5, 5.41) is 0. The molecular formula is C15H23BrN2. The van der Waals surface area contributed by atoms with Gasteiger partial charge in [0.15, 0.2) is 0 Å². The van der Waals surface area contributed by atoms with Crippen LogP contribution < -0.4 is 0 Å². The molecule has 1 heterocycles. The number of halogens is 1. The number of hydrogen-bond donors (Lipinski definition) is 0. The third kappa shape index (κ3) is 3.34. The second-order valence-electron chi connectivity index (χ2n) is 5.25. The maximum Gasteiger partial charge on any atom is 0.0235 e. The molecule has 0 aliphatic carbocycles. The van der Waals surface area contributed by atoms with Gasteiger partial charge >= 0.3 is 0 Å². The summed E-state index contributed by atoms with van der Waals surface area (Å²) in [5.74, 6) is 0. The summed E-state index contributed by atoms with van der Waals surface area (Å²) in [5.41, 5.74) is 4.13. The summed E-state index contributed by atoms with van der Waals surface area (Å²) in [6, 6.07) is 4.62. The lowest BCUT2D eigenvalue weighted by molar-refractivity contribution is 0.132. The lowest BCUT2D eigenvalue weighted by Crippen LogP contribution is -2.45. The summed E-state index contributed by atoms with van der Waals surface area (Å²) in [7, 11) is 0. The van der Waals surface area contributed by atoms with Crippen LogP contribution >= 0.6 is 15.9 Å². The maximum atomic E-state index is 3.64. The standard InChI is InChI=1S/C15H23BrN2/c1-4-17-5-7-18(8-6-17)11-14-9-12(2)15(16)13(3)10-14/h9-10H,4-8,11H2,1-3H3. The first-order valence-corrected chi connectivity index (χ1v) is 7.59. The predicted molar refractivity (Wildman–Crippen MR) is 81.0 cm³/mol. The van der Waals surface area contributed by atoms with Gasteiger partial charge in [-0.3, -0.25) is 4.90 Å². The van der Waals surface area contributed by atoms with E-state index >= 15 is 0 Å². The van der Waals surface area contributed by atoms with Gasteiger partial charge < -0.3 is 4.90 Å². The quantitative estimate of drug-likeness (QED) is 0.846. The van der Waals surface area contributed by atoms with E-state index in [9.17, 15) is 0 Å². The first kappa shape index (κ1) is 14.0. The number of aryl methyl sites for hydroxylation is 2. The highest BCUT2D eigenvalue weighted by molar-refractivity contribution is 9.10. The van der Waals surface area contributed by atoms with Crippen LogP contribution in [0.2, 0.25) is 0 Å². The van der Waals surface area contributed by atoms with Crippen LogP contribution in [0.3, 0.4) is 0 Å². The molecule has 0 bridgehead atoms. The molecule has 0 aromatic heterocycles. The van der Waals surface area contributed by atoms with Crippen LogP contribution in [0.5, 0.6) is 0 Å². The van der Waals surface area contributed by atoms with Crippen molar-refractivity contribution in [1.82, 2.24) is 9.80 Å². The Morgan fingerprint density at radius 1 is 1.00 bits per heavy atom. The van der Waals surface area contributed by atoms with E-state index in [2.05, 4.69) is 58.6 Å². The van der Waals surface area contributed by atoms with Crippen LogP contribution in [-0.4, -0.2) is 42.5 Å². The normalized spacial score (nSPS) is 18.2. The Labute approximate surface area is 119 Å². The van der Waals surface area contributed by atoms with Crippen molar-refractivity contribution in [3.05, 3.63) is 33.3 Å². The van der Waals surface area contributed by atoms with Crippen molar-refractivity contribution >= 4 is 15.9 Å². The monoisotopic (exact) mass is 310 g/mol. The fraction of sp³-hybridized carbons (Fsp3) is 0.600. The minimum Gasteiger partial charge on any atom is -0.301 e. The number of hydrogen-bond acceptors (Lipinski definition) is 2. The number of benzene rings is 1. The third-order valence-electron chi connectivity index (χ3n) is 3.81. The first-order chi connectivity index (χ1) is 8.60. The molecule has 0 unspecified atom stereocenters. The Morgan fingerprint density at radius 2 is 1.50 bits per heavy atom. The second-order valence-corrected chi connectivity index (χ2v) is 6.05. The van der Waals surface area contributed by atoms with E-state index in [0.29, 0.717) is 0 Å². The van der Waals surface area contributed by atoms with Crippen LogP contribution in [-0.2, 0) is 6.54 Å². The topological polar surface area (TPSA) is 6.48 Å².